The van der Waals surface area contributed by atoms with E-state index in [4.69, 9.17) is 4.74 Å². The highest BCUT2D eigenvalue weighted by atomic mass is 19.1. The van der Waals surface area contributed by atoms with Crippen LogP contribution in [0.4, 0.5) is 4.39 Å². The fraction of sp³-hybridized carbons (Fsp3) is 0.462. The van der Waals surface area contributed by atoms with Gasteiger partial charge in [-0.1, -0.05) is 6.07 Å². The monoisotopic (exact) mass is 235 g/mol. The molecule has 0 unspecified atom stereocenters. The molecule has 0 aromatic heterocycles. The summed E-state index contributed by atoms with van der Waals surface area (Å²) in [7, 11) is 1.67. The first-order chi connectivity index (χ1) is 8.16. The van der Waals surface area contributed by atoms with Crippen LogP contribution < -0.4 is 4.74 Å². The fourth-order valence-corrected chi connectivity index (χ4v) is 2.08. The standard InChI is InChI=1S/C13H14FNO2/c1-15-6-9-4-5-10(17-7-8-2-3-8)12(14)11(9)13(15)16/h4-5,8H,2-3,6-7H2,1H3. The Morgan fingerprint density at radius 2 is 2.24 bits per heavy atom. The van der Waals surface area contributed by atoms with Gasteiger partial charge in [-0.25, -0.2) is 4.39 Å². The summed E-state index contributed by atoms with van der Waals surface area (Å²) >= 11 is 0. The lowest BCUT2D eigenvalue weighted by Gasteiger charge is -2.08. The highest BCUT2D eigenvalue weighted by Crippen LogP contribution is 2.33. The van der Waals surface area contributed by atoms with Crippen molar-refractivity contribution >= 4 is 5.91 Å². The zero-order valence-electron chi connectivity index (χ0n) is 9.70. The molecule has 4 heteroatoms. The Morgan fingerprint density at radius 1 is 1.47 bits per heavy atom. The van der Waals surface area contributed by atoms with E-state index < -0.39 is 5.82 Å². The van der Waals surface area contributed by atoms with Gasteiger partial charge in [0.15, 0.2) is 11.6 Å². The Bertz CT molecular complexity index is 483. The molecule has 1 fully saturated rings. The number of carbonyl (C=O) groups excluding carboxylic acids is 1. The summed E-state index contributed by atoms with van der Waals surface area (Å²) in [5.74, 6) is 0.0206. The number of benzene rings is 1. The second kappa shape index (κ2) is 3.72. The Kier molecular flexibility index (Phi) is 2.31. The Morgan fingerprint density at radius 3 is 2.94 bits per heavy atom. The van der Waals surface area contributed by atoms with Crippen LogP contribution in [0, 0.1) is 11.7 Å². The van der Waals surface area contributed by atoms with Gasteiger partial charge in [-0.3, -0.25) is 4.79 Å². The van der Waals surface area contributed by atoms with Gasteiger partial charge in [-0.2, -0.15) is 0 Å². The van der Waals surface area contributed by atoms with Crippen molar-refractivity contribution in [1.29, 1.82) is 0 Å². The van der Waals surface area contributed by atoms with E-state index in [1.165, 1.54) is 4.90 Å². The van der Waals surface area contributed by atoms with E-state index in [2.05, 4.69) is 0 Å². The first-order valence-electron chi connectivity index (χ1n) is 5.86. The molecule has 17 heavy (non-hydrogen) atoms. The normalized spacial score (nSPS) is 18.5. The molecule has 3 rings (SSSR count). The molecule has 0 saturated heterocycles. The number of hydrogen-bond acceptors (Lipinski definition) is 2. The molecule has 1 saturated carbocycles. The Labute approximate surface area is 99.2 Å². The SMILES string of the molecule is CN1Cc2ccc(OCC3CC3)c(F)c2C1=O. The average Bonchev–Trinajstić information content (AvgIpc) is 3.07. The smallest absolute Gasteiger partial charge is 0.257 e. The number of hydrogen-bond donors (Lipinski definition) is 0. The molecule has 1 aromatic rings. The van der Waals surface area contributed by atoms with E-state index >= 15 is 0 Å². The summed E-state index contributed by atoms with van der Waals surface area (Å²) < 4.78 is 19.5. The van der Waals surface area contributed by atoms with E-state index in [9.17, 15) is 9.18 Å². The summed E-state index contributed by atoms with van der Waals surface area (Å²) in [6.07, 6.45) is 2.32. The third-order valence-electron chi connectivity index (χ3n) is 3.33. The maximum Gasteiger partial charge on any atom is 0.257 e. The molecule has 2 aliphatic rings. The van der Waals surface area contributed by atoms with Gasteiger partial charge in [0.2, 0.25) is 0 Å². The Hall–Kier alpha value is -1.58. The first-order valence-corrected chi connectivity index (χ1v) is 5.86. The minimum absolute atomic E-state index is 0.181. The van der Waals surface area contributed by atoms with Crippen molar-refractivity contribution in [3.8, 4) is 5.75 Å². The quantitative estimate of drug-likeness (QED) is 0.803. The van der Waals surface area contributed by atoms with Gasteiger partial charge >= 0.3 is 0 Å². The lowest BCUT2D eigenvalue weighted by atomic mass is 10.1. The molecule has 0 radical (unpaired) electrons. The minimum atomic E-state index is -0.502. The van der Waals surface area contributed by atoms with Crippen LogP contribution in [0.3, 0.4) is 0 Å². The molecular formula is C13H14FNO2. The van der Waals surface area contributed by atoms with E-state index in [0.717, 1.165) is 18.4 Å². The molecule has 1 aliphatic heterocycles. The maximum atomic E-state index is 14.1. The van der Waals surface area contributed by atoms with Crippen molar-refractivity contribution in [2.75, 3.05) is 13.7 Å². The fourth-order valence-electron chi connectivity index (χ4n) is 2.08. The summed E-state index contributed by atoms with van der Waals surface area (Å²) in [4.78, 5) is 13.3. The van der Waals surface area contributed by atoms with Gasteiger partial charge < -0.3 is 9.64 Å². The van der Waals surface area contributed by atoms with Crippen molar-refractivity contribution in [1.82, 2.24) is 4.90 Å². The summed E-state index contributed by atoms with van der Waals surface area (Å²) in [6, 6.07) is 3.41. The minimum Gasteiger partial charge on any atom is -0.490 e. The van der Waals surface area contributed by atoms with Gasteiger partial charge in [0.25, 0.3) is 5.91 Å². The van der Waals surface area contributed by atoms with Crippen molar-refractivity contribution < 1.29 is 13.9 Å². The number of amides is 1. The Balaban J connectivity index is 1.89. The van der Waals surface area contributed by atoms with Crippen LogP contribution in [-0.2, 0) is 6.54 Å². The molecule has 1 aromatic carbocycles. The highest BCUT2D eigenvalue weighted by Gasteiger charge is 2.30. The third-order valence-corrected chi connectivity index (χ3v) is 3.33. The topological polar surface area (TPSA) is 29.5 Å². The van der Waals surface area contributed by atoms with Crippen LogP contribution in [0.1, 0.15) is 28.8 Å². The van der Waals surface area contributed by atoms with Gasteiger partial charge in [-0.15, -0.1) is 0 Å². The molecule has 1 amide bonds. The van der Waals surface area contributed by atoms with Gasteiger partial charge in [0.1, 0.15) is 0 Å². The molecule has 0 N–H and O–H groups in total. The van der Waals surface area contributed by atoms with Crippen molar-refractivity contribution in [2.45, 2.75) is 19.4 Å². The molecule has 0 spiro atoms. The third kappa shape index (κ3) is 1.77. The molecule has 90 valence electrons. The van der Waals surface area contributed by atoms with E-state index in [-0.39, 0.29) is 17.2 Å². The summed E-state index contributed by atoms with van der Waals surface area (Å²) in [5, 5.41) is 0. The zero-order chi connectivity index (χ0) is 12.0. The van der Waals surface area contributed by atoms with E-state index in [1.54, 1.807) is 19.2 Å². The molecule has 3 nitrogen and oxygen atoms in total. The summed E-state index contributed by atoms with van der Waals surface area (Å²) in [6.45, 7) is 1.04. The highest BCUT2D eigenvalue weighted by molar-refractivity contribution is 5.98. The second-order valence-electron chi connectivity index (χ2n) is 4.83. The molecule has 0 bridgehead atoms. The molecular weight excluding hydrogens is 221 g/mol. The van der Waals surface area contributed by atoms with Crippen LogP contribution >= 0.6 is 0 Å². The first kappa shape index (κ1) is 10.6. The number of fused-ring (bicyclic) bond motifs is 1. The van der Waals surface area contributed by atoms with Gasteiger partial charge in [0, 0.05) is 13.6 Å². The van der Waals surface area contributed by atoms with Crippen molar-refractivity contribution in [3.63, 3.8) is 0 Å². The number of carbonyl (C=O) groups is 1. The molecule has 0 atom stereocenters. The van der Waals surface area contributed by atoms with E-state index in [1.807, 2.05) is 0 Å². The van der Waals surface area contributed by atoms with Crippen LogP contribution in [0.15, 0.2) is 12.1 Å². The molecule has 1 heterocycles. The number of ether oxygens (including phenoxy) is 1. The maximum absolute atomic E-state index is 14.1. The predicted octanol–water partition coefficient (Wildman–Crippen LogP) is 2.20. The average molecular weight is 235 g/mol. The van der Waals surface area contributed by atoms with Crippen LogP contribution in [0.5, 0.6) is 5.75 Å². The van der Waals surface area contributed by atoms with Gasteiger partial charge in [-0.05, 0) is 30.4 Å². The van der Waals surface area contributed by atoms with Crippen molar-refractivity contribution in [2.24, 2.45) is 5.92 Å². The lowest BCUT2D eigenvalue weighted by Crippen LogP contribution is -2.18. The number of nitrogens with zero attached hydrogens (tertiary/aromatic N) is 1. The van der Waals surface area contributed by atoms with Crippen LogP contribution in [0.25, 0.3) is 0 Å². The lowest BCUT2D eigenvalue weighted by molar-refractivity contribution is 0.0812. The summed E-state index contributed by atoms with van der Waals surface area (Å²) in [5.41, 5.74) is 0.926. The number of halogens is 1. The number of rotatable bonds is 3. The van der Waals surface area contributed by atoms with Gasteiger partial charge in [0.05, 0.1) is 12.2 Å². The van der Waals surface area contributed by atoms with Crippen LogP contribution in [0.2, 0.25) is 0 Å². The largest absolute Gasteiger partial charge is 0.490 e. The molecule has 1 aliphatic carbocycles. The second-order valence-corrected chi connectivity index (χ2v) is 4.83. The predicted molar refractivity (Wildman–Crippen MR) is 60.4 cm³/mol. The zero-order valence-corrected chi connectivity index (χ0v) is 9.70. The van der Waals surface area contributed by atoms with Crippen molar-refractivity contribution in [3.05, 3.63) is 29.1 Å². The van der Waals surface area contributed by atoms with E-state index in [0.29, 0.717) is 19.1 Å². The van der Waals surface area contributed by atoms with Crippen LogP contribution in [-0.4, -0.2) is 24.5 Å².